The normalized spacial score (nSPS) is 16.9. The second kappa shape index (κ2) is 6.40. The lowest BCUT2D eigenvalue weighted by atomic mass is 9.78. The Kier molecular flexibility index (Phi) is 5.56. The van der Waals surface area contributed by atoms with Gasteiger partial charge in [-0.1, -0.05) is 0 Å². The number of hydrogen-bond donors (Lipinski definition) is 2. The molecule has 9 heteroatoms. The molecule has 1 aromatic rings. The van der Waals surface area contributed by atoms with E-state index < -0.39 is 21.5 Å². The number of carbonyl (C=O) groups is 1. The number of rotatable bonds is 5. The van der Waals surface area contributed by atoms with Crippen molar-refractivity contribution in [3.8, 4) is 0 Å². The zero-order chi connectivity index (χ0) is 14.1. The number of carbonyl (C=O) groups excluding carboxylic acids is 1. The maximum Gasteiger partial charge on any atom is 0.349 e. The van der Waals surface area contributed by atoms with Gasteiger partial charge >= 0.3 is 5.97 Å². The maximum atomic E-state index is 12.2. The lowest BCUT2D eigenvalue weighted by Crippen LogP contribution is -2.54. The lowest BCUT2D eigenvalue weighted by Gasteiger charge is -2.37. The molecular formula is C11H17ClN2O4S2. The third-order valence-corrected chi connectivity index (χ3v) is 5.72. The molecule has 0 bridgehead atoms. The number of esters is 1. The zero-order valence-corrected chi connectivity index (χ0v) is 13.4. The first-order valence-electron chi connectivity index (χ1n) is 5.82. The van der Waals surface area contributed by atoms with Crippen molar-refractivity contribution in [3.63, 3.8) is 0 Å². The van der Waals surface area contributed by atoms with Gasteiger partial charge in [0.05, 0.1) is 7.11 Å². The second-order valence-corrected chi connectivity index (χ2v) is 7.30. The summed E-state index contributed by atoms with van der Waals surface area (Å²) in [6.45, 7) is 0.186. The minimum Gasteiger partial charge on any atom is -0.465 e. The predicted octanol–water partition coefficient (Wildman–Crippen LogP) is 1.12. The van der Waals surface area contributed by atoms with Crippen LogP contribution >= 0.6 is 23.7 Å². The van der Waals surface area contributed by atoms with Crippen LogP contribution in [0.15, 0.2) is 16.3 Å². The van der Waals surface area contributed by atoms with Gasteiger partial charge in [0.15, 0.2) is 0 Å². The fourth-order valence-electron chi connectivity index (χ4n) is 1.87. The summed E-state index contributed by atoms with van der Waals surface area (Å²) in [5, 5.41) is 1.54. The molecule has 1 aliphatic carbocycles. The topological polar surface area (TPSA) is 98.5 Å². The first-order chi connectivity index (χ1) is 8.88. The molecule has 114 valence electrons. The number of nitrogens with one attached hydrogen (secondary N) is 1. The van der Waals surface area contributed by atoms with Gasteiger partial charge in [-0.15, -0.1) is 23.7 Å². The van der Waals surface area contributed by atoms with Crippen molar-refractivity contribution in [2.75, 3.05) is 13.7 Å². The maximum absolute atomic E-state index is 12.2. The molecule has 0 radical (unpaired) electrons. The fraction of sp³-hybridized carbons (Fsp3) is 0.545. The highest BCUT2D eigenvalue weighted by Gasteiger charge is 2.34. The largest absolute Gasteiger partial charge is 0.465 e. The molecule has 3 N–H and O–H groups in total. The average molecular weight is 341 g/mol. The number of thiophene rings is 1. The van der Waals surface area contributed by atoms with Gasteiger partial charge in [-0.25, -0.2) is 17.9 Å². The van der Waals surface area contributed by atoms with E-state index in [0.717, 1.165) is 30.6 Å². The molecule has 6 nitrogen and oxygen atoms in total. The Bertz CT molecular complexity index is 581. The Morgan fingerprint density at radius 3 is 2.70 bits per heavy atom. The average Bonchev–Trinajstić information content (AvgIpc) is 2.83. The molecule has 1 fully saturated rings. The first kappa shape index (κ1) is 17.4. The molecular weight excluding hydrogens is 324 g/mol. The van der Waals surface area contributed by atoms with E-state index in [2.05, 4.69) is 9.46 Å². The van der Waals surface area contributed by atoms with Crippen LogP contribution in [0, 0.1) is 0 Å². The zero-order valence-electron chi connectivity index (χ0n) is 10.9. The highest BCUT2D eigenvalue weighted by atomic mass is 35.5. The van der Waals surface area contributed by atoms with E-state index in [1.807, 2.05) is 0 Å². The molecule has 1 aromatic heterocycles. The molecule has 1 heterocycles. The summed E-state index contributed by atoms with van der Waals surface area (Å²) >= 11 is 1.04. The van der Waals surface area contributed by atoms with Crippen molar-refractivity contribution in [2.45, 2.75) is 29.7 Å². The molecule has 0 amide bonds. The number of halogens is 1. The molecule has 20 heavy (non-hydrogen) atoms. The minimum absolute atomic E-state index is 0. The van der Waals surface area contributed by atoms with Crippen LogP contribution in [0.25, 0.3) is 0 Å². The van der Waals surface area contributed by atoms with Crippen LogP contribution in [-0.2, 0) is 14.8 Å². The Morgan fingerprint density at radius 2 is 2.20 bits per heavy atom. The third kappa shape index (κ3) is 3.50. The predicted molar refractivity (Wildman–Crippen MR) is 78.9 cm³/mol. The molecule has 0 saturated heterocycles. The van der Waals surface area contributed by atoms with Crippen LogP contribution in [0.4, 0.5) is 0 Å². The molecule has 0 unspecified atom stereocenters. The van der Waals surface area contributed by atoms with Gasteiger partial charge in [-0.3, -0.25) is 0 Å². The number of sulfonamides is 1. The number of nitrogens with two attached hydrogens (primary N) is 1. The van der Waals surface area contributed by atoms with E-state index >= 15 is 0 Å². The van der Waals surface area contributed by atoms with Crippen LogP contribution in [0.2, 0.25) is 0 Å². The molecule has 1 aliphatic rings. The molecule has 2 rings (SSSR count). The Balaban J connectivity index is 0.00000200. The van der Waals surface area contributed by atoms with E-state index in [1.54, 1.807) is 5.38 Å². The van der Waals surface area contributed by atoms with E-state index in [9.17, 15) is 13.2 Å². The van der Waals surface area contributed by atoms with Crippen LogP contribution < -0.4 is 10.5 Å². The van der Waals surface area contributed by atoms with Gasteiger partial charge in [-0.05, 0) is 30.7 Å². The van der Waals surface area contributed by atoms with Crippen molar-refractivity contribution >= 4 is 39.7 Å². The molecule has 0 spiro atoms. The molecule has 0 aromatic carbocycles. The molecule has 1 saturated carbocycles. The van der Waals surface area contributed by atoms with Gasteiger partial charge in [-0.2, -0.15) is 0 Å². The highest BCUT2D eigenvalue weighted by Crippen LogP contribution is 2.29. The van der Waals surface area contributed by atoms with Gasteiger partial charge < -0.3 is 10.5 Å². The van der Waals surface area contributed by atoms with Crippen LogP contribution in [0.3, 0.4) is 0 Å². The van der Waals surface area contributed by atoms with Crippen molar-refractivity contribution in [1.29, 1.82) is 0 Å². The van der Waals surface area contributed by atoms with E-state index in [4.69, 9.17) is 5.73 Å². The quantitative estimate of drug-likeness (QED) is 0.782. The number of hydrogen-bond acceptors (Lipinski definition) is 6. The van der Waals surface area contributed by atoms with Crippen molar-refractivity contribution < 1.29 is 17.9 Å². The summed E-state index contributed by atoms with van der Waals surface area (Å²) in [4.78, 5) is 11.5. The number of methoxy groups -OCH3 is 1. The van der Waals surface area contributed by atoms with Gasteiger partial charge in [0, 0.05) is 12.1 Å². The highest BCUT2D eigenvalue weighted by molar-refractivity contribution is 7.89. The Morgan fingerprint density at radius 1 is 1.55 bits per heavy atom. The minimum atomic E-state index is -3.73. The Labute approximate surface area is 128 Å². The van der Waals surface area contributed by atoms with Crippen molar-refractivity contribution in [1.82, 2.24) is 4.72 Å². The van der Waals surface area contributed by atoms with Crippen LogP contribution in [0.5, 0.6) is 0 Å². The fourth-order valence-corrected chi connectivity index (χ4v) is 4.35. The smallest absolute Gasteiger partial charge is 0.349 e. The van der Waals surface area contributed by atoms with Crippen LogP contribution in [0.1, 0.15) is 28.9 Å². The third-order valence-electron chi connectivity index (χ3n) is 3.25. The van der Waals surface area contributed by atoms with Crippen LogP contribution in [-0.4, -0.2) is 33.6 Å². The summed E-state index contributed by atoms with van der Waals surface area (Å²) in [5.74, 6) is -0.651. The van der Waals surface area contributed by atoms with Crippen molar-refractivity contribution in [2.24, 2.45) is 5.73 Å². The van der Waals surface area contributed by atoms with Gasteiger partial charge in [0.1, 0.15) is 9.77 Å². The monoisotopic (exact) mass is 340 g/mol. The number of ether oxygens (including phenoxy) is 1. The lowest BCUT2D eigenvalue weighted by molar-refractivity contribution is 0.0602. The van der Waals surface area contributed by atoms with E-state index in [0.29, 0.717) is 0 Å². The standard InChI is InChI=1S/C11H16N2O4S2.ClH/c1-17-10(14)9-8(3-6-18-9)19(15,16)13-7-11(12)4-2-5-11;/h3,6,13H,2,4-5,7,12H2,1H3;1H. The summed E-state index contributed by atoms with van der Waals surface area (Å²) < 4.78 is 31.3. The molecule has 0 aliphatic heterocycles. The SMILES string of the molecule is COC(=O)c1sccc1S(=O)(=O)NCC1(N)CCC1.Cl. The van der Waals surface area contributed by atoms with Gasteiger partial charge in [0.2, 0.25) is 10.0 Å². The molecule has 0 atom stereocenters. The van der Waals surface area contributed by atoms with Gasteiger partial charge in [0.25, 0.3) is 0 Å². The summed E-state index contributed by atoms with van der Waals surface area (Å²) in [6.07, 6.45) is 2.64. The Hall–Kier alpha value is -0.670. The second-order valence-electron chi connectivity index (χ2n) is 4.65. The summed E-state index contributed by atoms with van der Waals surface area (Å²) in [6, 6.07) is 1.39. The summed E-state index contributed by atoms with van der Waals surface area (Å²) in [7, 11) is -2.52. The van der Waals surface area contributed by atoms with Crippen molar-refractivity contribution in [3.05, 3.63) is 16.3 Å². The van der Waals surface area contributed by atoms with E-state index in [-0.39, 0.29) is 28.7 Å². The van der Waals surface area contributed by atoms with E-state index in [1.165, 1.54) is 13.2 Å². The first-order valence-corrected chi connectivity index (χ1v) is 8.19. The summed E-state index contributed by atoms with van der Waals surface area (Å²) in [5.41, 5.74) is 5.52.